The molecule has 0 saturated carbocycles. The van der Waals surface area contributed by atoms with Gasteiger partial charge in [0.15, 0.2) is 0 Å². The maximum Gasteiger partial charge on any atom is 0.313 e. The molecule has 0 spiro atoms. The molecule has 2 amide bonds. The van der Waals surface area contributed by atoms with E-state index in [1.54, 1.807) is 29.4 Å². The molecule has 1 aliphatic rings. The Morgan fingerprint density at radius 3 is 2.33 bits per heavy atom. The van der Waals surface area contributed by atoms with Gasteiger partial charge in [-0.25, -0.2) is 9.97 Å². The van der Waals surface area contributed by atoms with E-state index in [-0.39, 0.29) is 0 Å². The van der Waals surface area contributed by atoms with Crippen LogP contribution in [0.4, 0.5) is 11.6 Å². The summed E-state index contributed by atoms with van der Waals surface area (Å²) in [5.41, 5.74) is 0.641. The molecular weight excluding hydrogens is 342 g/mol. The van der Waals surface area contributed by atoms with Crippen molar-refractivity contribution in [3.63, 3.8) is 0 Å². The number of rotatable bonds is 2. The van der Waals surface area contributed by atoms with Crippen molar-refractivity contribution in [3.05, 3.63) is 60.9 Å². The molecule has 136 valence electrons. The number of carbonyl (C=O) groups excluding carboxylic acids is 2. The molecule has 0 bridgehead atoms. The number of benzene rings is 2. The summed E-state index contributed by atoms with van der Waals surface area (Å²) in [5, 5.41) is 4.68. The van der Waals surface area contributed by atoms with Gasteiger partial charge in [-0.1, -0.05) is 36.4 Å². The number of nitrogens with one attached hydrogen (secondary N) is 1. The van der Waals surface area contributed by atoms with Crippen LogP contribution < -0.4 is 10.2 Å². The van der Waals surface area contributed by atoms with Gasteiger partial charge in [-0.15, -0.1) is 0 Å². The Morgan fingerprint density at radius 1 is 0.852 bits per heavy atom. The Labute approximate surface area is 156 Å². The molecule has 4 rings (SSSR count). The highest BCUT2D eigenvalue weighted by Crippen LogP contribution is 2.23. The first-order valence-corrected chi connectivity index (χ1v) is 8.82. The fraction of sp³-hybridized carbons (Fsp3) is 0.200. The number of carbonyl (C=O) groups is 2. The van der Waals surface area contributed by atoms with Crippen LogP contribution in [-0.2, 0) is 9.59 Å². The fourth-order valence-electron chi connectivity index (χ4n) is 3.22. The van der Waals surface area contributed by atoms with Crippen molar-refractivity contribution in [1.29, 1.82) is 0 Å². The van der Waals surface area contributed by atoms with E-state index in [1.165, 1.54) is 0 Å². The predicted molar refractivity (Wildman–Crippen MR) is 103 cm³/mol. The van der Waals surface area contributed by atoms with E-state index >= 15 is 0 Å². The molecule has 7 heteroatoms. The van der Waals surface area contributed by atoms with Crippen LogP contribution in [0.5, 0.6) is 0 Å². The van der Waals surface area contributed by atoms with E-state index in [9.17, 15) is 9.59 Å². The largest absolute Gasteiger partial charge is 0.337 e. The zero-order valence-corrected chi connectivity index (χ0v) is 14.7. The number of hydrogen-bond acceptors (Lipinski definition) is 5. The van der Waals surface area contributed by atoms with Crippen LogP contribution >= 0.6 is 0 Å². The van der Waals surface area contributed by atoms with Gasteiger partial charge in [0.05, 0.1) is 0 Å². The minimum Gasteiger partial charge on any atom is -0.337 e. The second-order valence-corrected chi connectivity index (χ2v) is 6.31. The average molecular weight is 361 g/mol. The predicted octanol–water partition coefficient (Wildman–Crippen LogP) is 1.92. The van der Waals surface area contributed by atoms with Crippen molar-refractivity contribution in [1.82, 2.24) is 14.9 Å². The molecule has 1 aromatic heterocycles. The third kappa shape index (κ3) is 3.57. The maximum atomic E-state index is 12.5. The summed E-state index contributed by atoms with van der Waals surface area (Å²) in [6.45, 7) is 2.11. The van der Waals surface area contributed by atoms with Crippen molar-refractivity contribution < 1.29 is 9.59 Å². The lowest BCUT2D eigenvalue weighted by molar-refractivity contribution is -0.143. The second-order valence-electron chi connectivity index (χ2n) is 6.31. The standard InChI is InChI=1S/C20H19N5O2/c26-18(23-17-8-3-6-15-5-1-2-7-16(15)17)19(27)24-11-13-25(14-12-24)20-21-9-4-10-22-20/h1-10H,11-14H2,(H,23,26). The number of nitrogens with zero attached hydrogens (tertiary/aromatic N) is 4. The summed E-state index contributed by atoms with van der Waals surface area (Å²) in [6.07, 6.45) is 3.38. The maximum absolute atomic E-state index is 12.5. The third-order valence-corrected chi connectivity index (χ3v) is 4.63. The number of piperazine rings is 1. The minimum atomic E-state index is -0.615. The lowest BCUT2D eigenvalue weighted by Gasteiger charge is -2.34. The van der Waals surface area contributed by atoms with Crippen LogP contribution in [0, 0.1) is 0 Å². The Balaban J connectivity index is 1.40. The highest BCUT2D eigenvalue weighted by molar-refractivity contribution is 6.40. The lowest BCUT2D eigenvalue weighted by Crippen LogP contribution is -2.52. The van der Waals surface area contributed by atoms with E-state index < -0.39 is 11.8 Å². The second kappa shape index (κ2) is 7.41. The van der Waals surface area contributed by atoms with Gasteiger partial charge in [0.25, 0.3) is 0 Å². The number of amides is 2. The molecule has 3 aromatic rings. The zero-order chi connectivity index (χ0) is 18.6. The number of hydrogen-bond donors (Lipinski definition) is 1. The van der Waals surface area contributed by atoms with E-state index in [4.69, 9.17) is 0 Å². The molecule has 0 radical (unpaired) electrons. The summed E-state index contributed by atoms with van der Waals surface area (Å²) in [6, 6.07) is 15.1. The molecule has 2 aromatic carbocycles. The Bertz CT molecular complexity index is 963. The van der Waals surface area contributed by atoms with Gasteiger partial charge in [0, 0.05) is 49.6 Å². The lowest BCUT2D eigenvalue weighted by atomic mass is 10.1. The monoisotopic (exact) mass is 361 g/mol. The summed E-state index contributed by atoms with van der Waals surface area (Å²) >= 11 is 0. The van der Waals surface area contributed by atoms with Crippen LogP contribution in [0.1, 0.15) is 0 Å². The Morgan fingerprint density at radius 2 is 1.56 bits per heavy atom. The van der Waals surface area contributed by atoms with Gasteiger partial charge in [0.2, 0.25) is 5.95 Å². The molecule has 7 nitrogen and oxygen atoms in total. The van der Waals surface area contributed by atoms with Gasteiger partial charge < -0.3 is 15.1 Å². The quantitative estimate of drug-likeness (QED) is 0.706. The normalized spacial score (nSPS) is 14.2. The number of aromatic nitrogens is 2. The molecule has 1 fully saturated rings. The topological polar surface area (TPSA) is 78.4 Å². The van der Waals surface area contributed by atoms with Crippen molar-refractivity contribution in [2.75, 3.05) is 36.4 Å². The number of fused-ring (bicyclic) bond motifs is 1. The van der Waals surface area contributed by atoms with Crippen molar-refractivity contribution >= 4 is 34.2 Å². The van der Waals surface area contributed by atoms with E-state index in [0.29, 0.717) is 37.8 Å². The van der Waals surface area contributed by atoms with E-state index in [2.05, 4.69) is 15.3 Å². The van der Waals surface area contributed by atoms with Gasteiger partial charge in [-0.2, -0.15) is 0 Å². The van der Waals surface area contributed by atoms with Crippen LogP contribution in [0.3, 0.4) is 0 Å². The molecular formula is C20H19N5O2. The molecule has 0 atom stereocenters. The van der Waals surface area contributed by atoms with Crippen molar-refractivity contribution in [2.45, 2.75) is 0 Å². The van der Waals surface area contributed by atoms with Crippen molar-refractivity contribution in [2.24, 2.45) is 0 Å². The molecule has 1 aliphatic heterocycles. The summed E-state index contributed by atoms with van der Waals surface area (Å²) < 4.78 is 0. The zero-order valence-electron chi connectivity index (χ0n) is 14.7. The first-order valence-electron chi connectivity index (χ1n) is 8.82. The van der Waals surface area contributed by atoms with Crippen molar-refractivity contribution in [3.8, 4) is 0 Å². The molecule has 1 N–H and O–H groups in total. The van der Waals surface area contributed by atoms with Crippen LogP contribution in [0.2, 0.25) is 0 Å². The highest BCUT2D eigenvalue weighted by atomic mass is 16.2. The average Bonchev–Trinajstić information content (AvgIpc) is 2.74. The fourth-order valence-corrected chi connectivity index (χ4v) is 3.22. The Hall–Kier alpha value is -3.48. The van der Waals surface area contributed by atoms with E-state index in [0.717, 1.165) is 10.8 Å². The summed E-state index contributed by atoms with van der Waals surface area (Å²) in [7, 11) is 0. The summed E-state index contributed by atoms with van der Waals surface area (Å²) in [5.74, 6) is -0.489. The SMILES string of the molecule is O=C(Nc1cccc2ccccc12)C(=O)N1CCN(c2ncccn2)CC1. The Kier molecular flexibility index (Phi) is 4.65. The highest BCUT2D eigenvalue weighted by Gasteiger charge is 2.27. The summed E-state index contributed by atoms with van der Waals surface area (Å²) in [4.78, 5) is 37.0. The van der Waals surface area contributed by atoms with E-state index in [1.807, 2.05) is 41.3 Å². The van der Waals surface area contributed by atoms with Gasteiger partial charge >= 0.3 is 11.8 Å². The molecule has 2 heterocycles. The van der Waals surface area contributed by atoms with Crippen LogP contribution in [-0.4, -0.2) is 52.9 Å². The van der Waals surface area contributed by atoms with Crippen LogP contribution in [0.15, 0.2) is 60.9 Å². The molecule has 0 unspecified atom stereocenters. The minimum absolute atomic E-state index is 0.458. The number of anilines is 2. The van der Waals surface area contributed by atoms with Crippen LogP contribution in [0.25, 0.3) is 10.8 Å². The first-order chi connectivity index (χ1) is 13.2. The molecule has 1 saturated heterocycles. The van der Waals surface area contributed by atoms with Gasteiger partial charge in [-0.3, -0.25) is 9.59 Å². The van der Waals surface area contributed by atoms with Gasteiger partial charge in [0.1, 0.15) is 0 Å². The third-order valence-electron chi connectivity index (χ3n) is 4.63. The van der Waals surface area contributed by atoms with Gasteiger partial charge in [-0.05, 0) is 17.5 Å². The smallest absolute Gasteiger partial charge is 0.313 e. The first kappa shape index (κ1) is 17.0. The molecule has 27 heavy (non-hydrogen) atoms. The molecule has 0 aliphatic carbocycles.